The predicted molar refractivity (Wildman–Crippen MR) is 87.1 cm³/mol. The Kier molecular flexibility index (Phi) is 8.74. The molecule has 1 rings (SSSR count). The number of rotatable bonds is 9. The minimum absolute atomic E-state index is 0.704. The zero-order valence-corrected chi connectivity index (χ0v) is 14.3. The molecule has 0 amide bonds. The van der Waals surface area contributed by atoms with Crippen molar-refractivity contribution in [1.82, 2.24) is 10.2 Å². The van der Waals surface area contributed by atoms with Gasteiger partial charge in [-0.15, -0.1) is 0 Å². The lowest BCUT2D eigenvalue weighted by Crippen LogP contribution is -2.46. The normalized spacial score (nSPS) is 27.4. The second kappa shape index (κ2) is 9.75. The lowest BCUT2D eigenvalue weighted by Gasteiger charge is -2.39. The fourth-order valence-electron chi connectivity index (χ4n) is 3.64. The van der Waals surface area contributed by atoms with E-state index in [1.165, 1.54) is 38.8 Å². The Morgan fingerprint density at radius 1 is 1.30 bits per heavy atom. The molecule has 1 N–H and O–H groups in total. The Bertz CT molecular complexity index is 245. The van der Waals surface area contributed by atoms with Gasteiger partial charge in [0.2, 0.25) is 0 Å². The van der Waals surface area contributed by atoms with Gasteiger partial charge in [0.15, 0.2) is 0 Å². The summed E-state index contributed by atoms with van der Waals surface area (Å²) < 4.78 is 5.28. The van der Waals surface area contributed by atoms with Crippen LogP contribution in [0.4, 0.5) is 0 Å². The lowest BCUT2D eigenvalue weighted by atomic mass is 9.76. The monoisotopic (exact) mass is 284 g/mol. The molecule has 20 heavy (non-hydrogen) atoms. The molecule has 120 valence electrons. The van der Waals surface area contributed by atoms with Gasteiger partial charge in [0, 0.05) is 32.8 Å². The maximum absolute atomic E-state index is 5.28. The summed E-state index contributed by atoms with van der Waals surface area (Å²) in [7, 11) is 3.93. The molecule has 3 nitrogen and oxygen atoms in total. The van der Waals surface area contributed by atoms with E-state index < -0.39 is 0 Å². The quantitative estimate of drug-likeness (QED) is 0.704. The van der Waals surface area contributed by atoms with Crippen molar-refractivity contribution in [2.45, 2.75) is 52.5 Å². The summed E-state index contributed by atoms with van der Waals surface area (Å²) in [4.78, 5) is 2.61. The third-order valence-electron chi connectivity index (χ3n) is 4.77. The van der Waals surface area contributed by atoms with Gasteiger partial charge in [-0.3, -0.25) is 0 Å². The van der Waals surface area contributed by atoms with Crippen LogP contribution in [-0.4, -0.2) is 51.3 Å². The summed E-state index contributed by atoms with van der Waals surface area (Å²) in [5, 5.41) is 3.56. The summed E-state index contributed by atoms with van der Waals surface area (Å²) in [6.07, 6.45) is 5.49. The van der Waals surface area contributed by atoms with Crippen LogP contribution >= 0.6 is 0 Å². The number of methoxy groups -OCH3 is 1. The number of hydrogen-bond donors (Lipinski definition) is 1. The van der Waals surface area contributed by atoms with E-state index in [0.29, 0.717) is 6.04 Å². The molecule has 0 saturated heterocycles. The molecule has 0 bridgehead atoms. The molecule has 3 heteroatoms. The first-order valence-corrected chi connectivity index (χ1v) is 8.49. The van der Waals surface area contributed by atoms with Crippen LogP contribution < -0.4 is 5.32 Å². The molecule has 3 atom stereocenters. The van der Waals surface area contributed by atoms with Crippen LogP contribution in [0, 0.1) is 17.8 Å². The molecule has 1 aliphatic carbocycles. The molecule has 0 heterocycles. The first kappa shape index (κ1) is 17.9. The molecule has 0 spiro atoms. The van der Waals surface area contributed by atoms with Crippen LogP contribution in [0.25, 0.3) is 0 Å². The highest BCUT2D eigenvalue weighted by molar-refractivity contribution is 4.85. The summed E-state index contributed by atoms with van der Waals surface area (Å²) in [5.41, 5.74) is 0. The smallest absolute Gasteiger partial charge is 0.0589 e. The topological polar surface area (TPSA) is 24.5 Å². The summed E-state index contributed by atoms with van der Waals surface area (Å²) >= 11 is 0. The molecule has 0 radical (unpaired) electrons. The Balaban J connectivity index is 2.56. The molecule has 3 unspecified atom stereocenters. The molecule has 1 fully saturated rings. The summed E-state index contributed by atoms with van der Waals surface area (Å²) in [5.74, 6) is 2.47. The first-order valence-electron chi connectivity index (χ1n) is 8.49. The molecule has 0 aromatic carbocycles. The number of nitrogens with one attached hydrogen (secondary N) is 1. The van der Waals surface area contributed by atoms with Gasteiger partial charge < -0.3 is 15.0 Å². The van der Waals surface area contributed by atoms with Crippen LogP contribution in [0.5, 0.6) is 0 Å². The lowest BCUT2D eigenvalue weighted by molar-refractivity contribution is 0.100. The Labute approximate surface area is 126 Å². The van der Waals surface area contributed by atoms with Gasteiger partial charge in [-0.1, -0.05) is 27.2 Å². The third-order valence-corrected chi connectivity index (χ3v) is 4.77. The Hall–Kier alpha value is -0.120. The highest BCUT2D eigenvalue weighted by Crippen LogP contribution is 2.31. The summed E-state index contributed by atoms with van der Waals surface area (Å²) in [6, 6.07) is 0.704. The van der Waals surface area contributed by atoms with Crippen molar-refractivity contribution in [3.63, 3.8) is 0 Å². The van der Waals surface area contributed by atoms with Crippen molar-refractivity contribution in [2.24, 2.45) is 17.8 Å². The molecule has 0 aromatic rings. The van der Waals surface area contributed by atoms with Gasteiger partial charge >= 0.3 is 0 Å². The van der Waals surface area contributed by atoms with Gasteiger partial charge in [0.05, 0.1) is 6.61 Å². The largest absolute Gasteiger partial charge is 0.383 e. The van der Waals surface area contributed by atoms with Crippen molar-refractivity contribution in [2.75, 3.05) is 40.4 Å². The van der Waals surface area contributed by atoms with E-state index in [2.05, 4.69) is 38.0 Å². The minimum atomic E-state index is 0.704. The van der Waals surface area contributed by atoms with Gasteiger partial charge in [0.1, 0.15) is 0 Å². The Morgan fingerprint density at radius 2 is 2.05 bits per heavy atom. The van der Waals surface area contributed by atoms with Crippen molar-refractivity contribution >= 4 is 0 Å². The summed E-state index contributed by atoms with van der Waals surface area (Å²) in [6.45, 7) is 11.3. The van der Waals surface area contributed by atoms with E-state index in [1.807, 2.05) is 0 Å². The fraction of sp³-hybridized carbons (Fsp3) is 1.00. The van der Waals surface area contributed by atoms with Crippen molar-refractivity contribution in [3.8, 4) is 0 Å². The standard InChI is InChI=1S/C17H36N2O/c1-6-15-7-8-17(18-4)16(11-15)13-19(9-10-20-5)12-14(2)3/h14-18H,6-13H2,1-5H3. The number of nitrogens with zero attached hydrogens (tertiary/aromatic N) is 1. The van der Waals surface area contributed by atoms with Gasteiger partial charge in [-0.2, -0.15) is 0 Å². The average molecular weight is 284 g/mol. The van der Waals surface area contributed by atoms with Crippen LogP contribution in [0.2, 0.25) is 0 Å². The third kappa shape index (κ3) is 6.11. The molecule has 0 aliphatic heterocycles. The molecule has 0 aromatic heterocycles. The van der Waals surface area contributed by atoms with Crippen LogP contribution in [0.3, 0.4) is 0 Å². The fourth-order valence-corrected chi connectivity index (χ4v) is 3.64. The molecular formula is C17H36N2O. The molecular weight excluding hydrogens is 248 g/mol. The van der Waals surface area contributed by atoms with E-state index in [-0.39, 0.29) is 0 Å². The first-order chi connectivity index (χ1) is 9.60. The average Bonchev–Trinajstić information content (AvgIpc) is 2.44. The van der Waals surface area contributed by atoms with E-state index >= 15 is 0 Å². The van der Waals surface area contributed by atoms with E-state index in [9.17, 15) is 0 Å². The molecule has 1 aliphatic rings. The highest BCUT2D eigenvalue weighted by atomic mass is 16.5. The van der Waals surface area contributed by atoms with E-state index in [1.54, 1.807) is 7.11 Å². The molecule has 1 saturated carbocycles. The van der Waals surface area contributed by atoms with Crippen LogP contribution in [0.1, 0.15) is 46.5 Å². The van der Waals surface area contributed by atoms with Gasteiger partial charge in [-0.25, -0.2) is 0 Å². The van der Waals surface area contributed by atoms with E-state index in [0.717, 1.165) is 30.9 Å². The maximum atomic E-state index is 5.28. The number of ether oxygens (including phenoxy) is 1. The van der Waals surface area contributed by atoms with Crippen molar-refractivity contribution in [1.29, 1.82) is 0 Å². The van der Waals surface area contributed by atoms with Gasteiger partial charge in [-0.05, 0) is 44.1 Å². The second-order valence-corrected chi connectivity index (χ2v) is 6.89. The van der Waals surface area contributed by atoms with E-state index in [4.69, 9.17) is 4.74 Å². The SMILES string of the molecule is CCC1CCC(NC)C(CN(CCOC)CC(C)C)C1. The highest BCUT2D eigenvalue weighted by Gasteiger charge is 2.30. The van der Waals surface area contributed by atoms with Crippen molar-refractivity contribution in [3.05, 3.63) is 0 Å². The van der Waals surface area contributed by atoms with Crippen LogP contribution in [0.15, 0.2) is 0 Å². The van der Waals surface area contributed by atoms with Crippen molar-refractivity contribution < 1.29 is 4.74 Å². The Morgan fingerprint density at radius 3 is 2.60 bits per heavy atom. The van der Waals surface area contributed by atoms with Gasteiger partial charge in [0.25, 0.3) is 0 Å². The zero-order valence-electron chi connectivity index (χ0n) is 14.3. The predicted octanol–water partition coefficient (Wildman–Crippen LogP) is 3.01. The second-order valence-electron chi connectivity index (χ2n) is 6.89. The minimum Gasteiger partial charge on any atom is -0.383 e. The maximum Gasteiger partial charge on any atom is 0.0589 e. The zero-order chi connectivity index (χ0) is 15.0. The van der Waals surface area contributed by atoms with Crippen LogP contribution in [-0.2, 0) is 4.74 Å². The number of hydrogen-bond acceptors (Lipinski definition) is 3.